The minimum Gasteiger partial charge on any atom is -0.461 e. The van der Waals surface area contributed by atoms with E-state index < -0.39 is 0 Å². The maximum atomic E-state index is 11.2. The Hall–Kier alpha value is -0.940. The topological polar surface area (TPSA) is 65.2 Å². The van der Waals surface area contributed by atoms with Crippen LogP contribution in [0.25, 0.3) is 0 Å². The second-order valence-corrected chi connectivity index (χ2v) is 3.97. The number of carbonyl (C=O) groups excluding carboxylic acids is 1. The van der Waals surface area contributed by atoms with E-state index >= 15 is 0 Å². The molecule has 1 atom stereocenters. The van der Waals surface area contributed by atoms with E-state index in [4.69, 9.17) is 10.5 Å². The first-order valence-electron chi connectivity index (χ1n) is 4.50. The van der Waals surface area contributed by atoms with Crippen LogP contribution in [0.2, 0.25) is 0 Å². The first kappa shape index (κ1) is 11.1. The summed E-state index contributed by atoms with van der Waals surface area (Å²) in [5, 5.41) is 2.58. The fourth-order valence-electron chi connectivity index (χ4n) is 0.979. The third-order valence-corrected chi connectivity index (χ3v) is 2.40. The maximum absolute atomic E-state index is 11.2. The molecule has 0 aromatic carbocycles. The largest absolute Gasteiger partial charge is 0.461 e. The zero-order valence-corrected chi connectivity index (χ0v) is 9.13. The summed E-state index contributed by atoms with van der Waals surface area (Å²) in [4.78, 5) is 15.4. The number of aromatic nitrogens is 1. The van der Waals surface area contributed by atoms with E-state index in [-0.39, 0.29) is 12.0 Å². The monoisotopic (exact) mass is 214 g/mol. The van der Waals surface area contributed by atoms with Gasteiger partial charge in [-0.05, 0) is 13.8 Å². The summed E-state index contributed by atoms with van der Waals surface area (Å²) in [6, 6.07) is 0.0659. The highest BCUT2D eigenvalue weighted by molar-refractivity contribution is 7.09. The molecule has 0 fully saturated rings. The number of ether oxygens (including phenoxy) is 1. The lowest BCUT2D eigenvalue weighted by Crippen LogP contribution is -2.17. The molecule has 5 heteroatoms. The average molecular weight is 214 g/mol. The zero-order valence-electron chi connectivity index (χ0n) is 8.32. The number of hydrogen-bond acceptors (Lipinski definition) is 5. The van der Waals surface area contributed by atoms with E-state index in [0.717, 1.165) is 5.01 Å². The number of nitrogens with two attached hydrogens (primary N) is 1. The third-order valence-electron chi connectivity index (χ3n) is 1.53. The van der Waals surface area contributed by atoms with E-state index in [2.05, 4.69) is 4.98 Å². The SMILES string of the molecule is CCOC(=O)c1csc(CC(C)N)n1. The molecule has 78 valence electrons. The Bertz CT molecular complexity index is 310. The van der Waals surface area contributed by atoms with Gasteiger partial charge < -0.3 is 10.5 Å². The van der Waals surface area contributed by atoms with E-state index in [1.54, 1.807) is 12.3 Å². The van der Waals surface area contributed by atoms with Crippen molar-refractivity contribution in [3.63, 3.8) is 0 Å². The molecule has 0 radical (unpaired) electrons. The van der Waals surface area contributed by atoms with Gasteiger partial charge in [0, 0.05) is 17.8 Å². The highest BCUT2D eigenvalue weighted by atomic mass is 32.1. The van der Waals surface area contributed by atoms with Crippen LogP contribution in [0, 0.1) is 0 Å². The minimum atomic E-state index is -0.361. The molecule has 0 aliphatic carbocycles. The first-order valence-corrected chi connectivity index (χ1v) is 5.38. The van der Waals surface area contributed by atoms with Crippen LogP contribution < -0.4 is 5.73 Å². The van der Waals surface area contributed by atoms with Gasteiger partial charge in [-0.3, -0.25) is 0 Å². The molecule has 0 saturated carbocycles. The van der Waals surface area contributed by atoms with Gasteiger partial charge in [-0.15, -0.1) is 11.3 Å². The summed E-state index contributed by atoms with van der Waals surface area (Å²) in [6.45, 7) is 4.05. The van der Waals surface area contributed by atoms with Gasteiger partial charge in [0.25, 0.3) is 0 Å². The molecule has 1 rings (SSSR count). The predicted octanol–water partition coefficient (Wildman–Crippen LogP) is 1.21. The van der Waals surface area contributed by atoms with Crippen LogP contribution in [-0.2, 0) is 11.2 Å². The summed E-state index contributed by atoms with van der Waals surface area (Å²) in [7, 11) is 0. The number of thiazole rings is 1. The van der Waals surface area contributed by atoms with Crippen LogP contribution in [0.5, 0.6) is 0 Å². The van der Waals surface area contributed by atoms with Crippen molar-refractivity contribution in [1.82, 2.24) is 4.98 Å². The molecule has 2 N–H and O–H groups in total. The summed E-state index contributed by atoms with van der Waals surface area (Å²) < 4.78 is 4.82. The van der Waals surface area contributed by atoms with E-state index in [9.17, 15) is 4.79 Å². The zero-order chi connectivity index (χ0) is 10.6. The number of hydrogen-bond donors (Lipinski definition) is 1. The van der Waals surface area contributed by atoms with Crippen molar-refractivity contribution in [2.75, 3.05) is 6.61 Å². The summed E-state index contributed by atoms with van der Waals surface area (Å²) in [5.41, 5.74) is 6.00. The Labute approximate surface area is 87.1 Å². The molecular weight excluding hydrogens is 200 g/mol. The molecule has 0 aliphatic heterocycles. The first-order chi connectivity index (χ1) is 6.63. The van der Waals surface area contributed by atoms with E-state index in [0.29, 0.717) is 18.7 Å². The lowest BCUT2D eigenvalue weighted by Gasteiger charge is -1.99. The molecule has 0 amide bonds. The van der Waals surface area contributed by atoms with Crippen LogP contribution in [0.15, 0.2) is 5.38 Å². The number of esters is 1. The lowest BCUT2D eigenvalue weighted by atomic mass is 10.3. The Kier molecular flexibility index (Phi) is 4.03. The van der Waals surface area contributed by atoms with Gasteiger partial charge in [0.05, 0.1) is 11.6 Å². The van der Waals surface area contributed by atoms with Crippen LogP contribution in [-0.4, -0.2) is 23.6 Å². The molecule has 0 spiro atoms. The predicted molar refractivity (Wildman–Crippen MR) is 55.4 cm³/mol. The molecule has 1 aromatic rings. The van der Waals surface area contributed by atoms with E-state index in [1.165, 1.54) is 11.3 Å². The molecule has 1 heterocycles. The van der Waals surface area contributed by atoms with Crippen molar-refractivity contribution in [1.29, 1.82) is 0 Å². The molecule has 0 aliphatic rings. The van der Waals surface area contributed by atoms with Gasteiger partial charge in [-0.2, -0.15) is 0 Å². The number of rotatable bonds is 4. The Morgan fingerprint density at radius 1 is 1.79 bits per heavy atom. The molecule has 14 heavy (non-hydrogen) atoms. The van der Waals surface area contributed by atoms with E-state index in [1.807, 2.05) is 6.92 Å². The second-order valence-electron chi connectivity index (χ2n) is 3.03. The van der Waals surface area contributed by atoms with Crippen molar-refractivity contribution in [3.05, 3.63) is 16.1 Å². The summed E-state index contributed by atoms with van der Waals surface area (Å²) >= 11 is 1.44. The Morgan fingerprint density at radius 2 is 2.50 bits per heavy atom. The summed E-state index contributed by atoms with van der Waals surface area (Å²) in [6.07, 6.45) is 0.698. The molecular formula is C9H14N2O2S. The van der Waals surface area contributed by atoms with Gasteiger partial charge in [-0.1, -0.05) is 0 Å². The average Bonchev–Trinajstić information content (AvgIpc) is 2.52. The van der Waals surface area contributed by atoms with Gasteiger partial charge >= 0.3 is 5.97 Å². The smallest absolute Gasteiger partial charge is 0.357 e. The standard InChI is InChI=1S/C9H14N2O2S/c1-3-13-9(12)7-5-14-8(11-7)4-6(2)10/h5-6H,3-4,10H2,1-2H3. The molecule has 0 bridgehead atoms. The number of nitrogens with zero attached hydrogens (tertiary/aromatic N) is 1. The van der Waals surface area contributed by atoms with Crippen LogP contribution in [0.4, 0.5) is 0 Å². The second kappa shape index (κ2) is 5.07. The van der Waals surface area contributed by atoms with Crippen LogP contribution >= 0.6 is 11.3 Å². The van der Waals surface area contributed by atoms with Crippen molar-refractivity contribution in [3.8, 4) is 0 Å². The van der Waals surface area contributed by atoms with Gasteiger partial charge in [0.2, 0.25) is 0 Å². The van der Waals surface area contributed by atoms with Crippen LogP contribution in [0.1, 0.15) is 29.3 Å². The quantitative estimate of drug-likeness (QED) is 0.765. The fourth-order valence-corrected chi connectivity index (χ4v) is 1.89. The highest BCUT2D eigenvalue weighted by Gasteiger charge is 2.11. The molecule has 1 unspecified atom stereocenters. The third kappa shape index (κ3) is 3.08. The van der Waals surface area contributed by atoms with Crippen molar-refractivity contribution < 1.29 is 9.53 Å². The maximum Gasteiger partial charge on any atom is 0.357 e. The van der Waals surface area contributed by atoms with Gasteiger partial charge in [0.15, 0.2) is 5.69 Å². The van der Waals surface area contributed by atoms with Crippen molar-refractivity contribution in [2.45, 2.75) is 26.3 Å². The van der Waals surface area contributed by atoms with Crippen molar-refractivity contribution in [2.24, 2.45) is 5.73 Å². The molecule has 0 saturated heterocycles. The van der Waals surface area contributed by atoms with Crippen LogP contribution in [0.3, 0.4) is 0 Å². The fraction of sp³-hybridized carbons (Fsp3) is 0.556. The van der Waals surface area contributed by atoms with Crippen molar-refractivity contribution >= 4 is 17.3 Å². The van der Waals surface area contributed by atoms with Gasteiger partial charge in [0.1, 0.15) is 0 Å². The van der Waals surface area contributed by atoms with Gasteiger partial charge in [-0.25, -0.2) is 9.78 Å². The highest BCUT2D eigenvalue weighted by Crippen LogP contribution is 2.12. The normalized spacial score (nSPS) is 12.5. The molecule has 4 nitrogen and oxygen atoms in total. The Morgan fingerprint density at radius 3 is 3.07 bits per heavy atom. The lowest BCUT2D eigenvalue weighted by molar-refractivity contribution is 0.0520. The summed E-state index contributed by atoms with van der Waals surface area (Å²) in [5.74, 6) is -0.361. The number of carbonyl (C=O) groups is 1. The molecule has 1 aromatic heterocycles. The minimum absolute atomic E-state index is 0.0659. The Balaban J connectivity index is 2.63.